The van der Waals surface area contributed by atoms with Crippen molar-refractivity contribution >= 4 is 27.1 Å². The van der Waals surface area contributed by atoms with Crippen LogP contribution in [0.1, 0.15) is 25.6 Å². The van der Waals surface area contributed by atoms with E-state index in [1.165, 1.54) is 0 Å². The van der Waals surface area contributed by atoms with Crippen molar-refractivity contribution in [2.24, 2.45) is 7.05 Å². The van der Waals surface area contributed by atoms with Crippen LogP contribution in [0.25, 0.3) is 11.2 Å². The van der Waals surface area contributed by atoms with E-state index in [1.807, 2.05) is 23.7 Å². The molecular formula is C10H12BrN3. The van der Waals surface area contributed by atoms with E-state index in [4.69, 9.17) is 0 Å². The van der Waals surface area contributed by atoms with Crippen LogP contribution in [0.4, 0.5) is 0 Å². The van der Waals surface area contributed by atoms with E-state index in [-0.39, 0.29) is 0 Å². The highest BCUT2D eigenvalue weighted by Crippen LogP contribution is 2.20. The van der Waals surface area contributed by atoms with Gasteiger partial charge >= 0.3 is 0 Å². The Kier molecular flexibility index (Phi) is 2.31. The van der Waals surface area contributed by atoms with Crippen LogP contribution in [0.5, 0.6) is 0 Å². The predicted octanol–water partition coefficient (Wildman–Crippen LogP) is 2.85. The number of nitrogens with zero attached hydrogens (tertiary/aromatic N) is 3. The third-order valence-corrected chi connectivity index (χ3v) is 2.67. The van der Waals surface area contributed by atoms with Crippen LogP contribution >= 0.6 is 15.9 Å². The molecule has 0 bridgehead atoms. The van der Waals surface area contributed by atoms with Crippen molar-refractivity contribution in [2.45, 2.75) is 19.8 Å². The molecular weight excluding hydrogens is 242 g/mol. The summed E-state index contributed by atoms with van der Waals surface area (Å²) in [5.41, 5.74) is 1.89. The van der Waals surface area contributed by atoms with Gasteiger partial charge in [0, 0.05) is 13.0 Å². The zero-order chi connectivity index (χ0) is 10.3. The molecule has 0 amide bonds. The van der Waals surface area contributed by atoms with Crippen LogP contribution in [0.2, 0.25) is 0 Å². The van der Waals surface area contributed by atoms with E-state index in [1.54, 1.807) is 0 Å². The molecule has 0 aliphatic rings. The Morgan fingerprint density at radius 2 is 2.00 bits per heavy atom. The fraction of sp³-hybridized carbons (Fsp3) is 0.400. The van der Waals surface area contributed by atoms with Gasteiger partial charge in [0.25, 0.3) is 0 Å². The number of hydrogen-bond acceptors (Lipinski definition) is 2. The standard InChI is InChI=1S/C10H12BrN3/c1-6(2)9-12-7-4-5-8(11)13-10(7)14(9)3/h4-6H,1-3H3. The average molecular weight is 254 g/mol. The molecule has 3 nitrogen and oxygen atoms in total. The van der Waals surface area contributed by atoms with Crippen molar-refractivity contribution < 1.29 is 0 Å². The van der Waals surface area contributed by atoms with Crippen molar-refractivity contribution in [1.82, 2.24) is 14.5 Å². The van der Waals surface area contributed by atoms with Gasteiger partial charge in [0.2, 0.25) is 0 Å². The summed E-state index contributed by atoms with van der Waals surface area (Å²) < 4.78 is 2.90. The third kappa shape index (κ3) is 1.43. The zero-order valence-corrected chi connectivity index (χ0v) is 10.0. The molecule has 0 aliphatic heterocycles. The smallest absolute Gasteiger partial charge is 0.161 e. The monoisotopic (exact) mass is 253 g/mol. The van der Waals surface area contributed by atoms with Gasteiger partial charge in [-0.3, -0.25) is 0 Å². The summed E-state index contributed by atoms with van der Waals surface area (Å²) >= 11 is 3.36. The largest absolute Gasteiger partial charge is 0.316 e. The topological polar surface area (TPSA) is 30.7 Å². The molecule has 0 spiro atoms. The molecule has 0 saturated carbocycles. The number of imidazole rings is 1. The summed E-state index contributed by atoms with van der Waals surface area (Å²) in [7, 11) is 2.00. The maximum atomic E-state index is 4.53. The molecule has 2 heterocycles. The lowest BCUT2D eigenvalue weighted by molar-refractivity contribution is 0.719. The molecule has 0 N–H and O–H groups in total. The Hall–Kier alpha value is -0.900. The molecule has 2 aromatic heterocycles. The van der Waals surface area contributed by atoms with Crippen molar-refractivity contribution in [3.63, 3.8) is 0 Å². The lowest BCUT2D eigenvalue weighted by Gasteiger charge is -2.03. The molecule has 0 saturated heterocycles. The highest BCUT2D eigenvalue weighted by atomic mass is 79.9. The second-order valence-electron chi connectivity index (χ2n) is 3.66. The Bertz CT molecular complexity index is 473. The van der Waals surface area contributed by atoms with Gasteiger partial charge in [0.1, 0.15) is 15.9 Å². The van der Waals surface area contributed by atoms with Gasteiger partial charge in [-0.15, -0.1) is 0 Å². The van der Waals surface area contributed by atoms with E-state index >= 15 is 0 Å². The molecule has 74 valence electrons. The Labute approximate surface area is 91.3 Å². The Morgan fingerprint density at radius 1 is 1.29 bits per heavy atom. The molecule has 0 unspecified atom stereocenters. The van der Waals surface area contributed by atoms with E-state index < -0.39 is 0 Å². The van der Waals surface area contributed by atoms with Gasteiger partial charge in [-0.1, -0.05) is 13.8 Å². The lowest BCUT2D eigenvalue weighted by atomic mass is 10.2. The van der Waals surface area contributed by atoms with Gasteiger partial charge in [0.15, 0.2) is 5.65 Å². The van der Waals surface area contributed by atoms with E-state index in [2.05, 4.69) is 39.7 Å². The quantitative estimate of drug-likeness (QED) is 0.732. The summed E-state index contributed by atoms with van der Waals surface area (Å²) in [6.45, 7) is 4.27. The van der Waals surface area contributed by atoms with Crippen molar-refractivity contribution in [3.8, 4) is 0 Å². The van der Waals surface area contributed by atoms with Crippen molar-refractivity contribution in [3.05, 3.63) is 22.6 Å². The van der Waals surface area contributed by atoms with Crippen LogP contribution in [-0.2, 0) is 7.05 Å². The first kappa shape index (κ1) is 9.65. The average Bonchev–Trinajstić information content (AvgIpc) is 2.44. The number of aryl methyl sites for hydroxylation is 1. The molecule has 0 aromatic carbocycles. The molecule has 14 heavy (non-hydrogen) atoms. The summed E-state index contributed by atoms with van der Waals surface area (Å²) in [6, 6.07) is 3.90. The van der Waals surface area contributed by atoms with Crippen LogP contribution in [0.15, 0.2) is 16.7 Å². The summed E-state index contributed by atoms with van der Waals surface area (Å²) in [4.78, 5) is 8.93. The van der Waals surface area contributed by atoms with E-state index in [0.29, 0.717) is 5.92 Å². The number of fused-ring (bicyclic) bond motifs is 1. The zero-order valence-electron chi connectivity index (χ0n) is 8.45. The number of hydrogen-bond donors (Lipinski definition) is 0. The number of pyridine rings is 1. The van der Waals surface area contributed by atoms with Gasteiger partial charge in [-0.05, 0) is 28.1 Å². The van der Waals surface area contributed by atoms with Gasteiger partial charge in [0.05, 0.1) is 0 Å². The molecule has 0 atom stereocenters. The fourth-order valence-electron chi connectivity index (χ4n) is 1.58. The van der Waals surface area contributed by atoms with Gasteiger partial charge in [-0.2, -0.15) is 0 Å². The summed E-state index contributed by atoms with van der Waals surface area (Å²) in [5.74, 6) is 1.50. The predicted molar refractivity (Wildman–Crippen MR) is 60.3 cm³/mol. The minimum Gasteiger partial charge on any atom is -0.316 e. The SMILES string of the molecule is CC(C)c1nc2ccc(Br)nc2n1C. The number of rotatable bonds is 1. The van der Waals surface area contributed by atoms with Crippen molar-refractivity contribution in [2.75, 3.05) is 0 Å². The molecule has 2 aromatic rings. The fourth-order valence-corrected chi connectivity index (χ4v) is 1.88. The molecule has 0 fully saturated rings. The second kappa shape index (κ2) is 3.35. The summed E-state index contributed by atoms with van der Waals surface area (Å²) in [5, 5.41) is 0. The molecule has 0 radical (unpaired) electrons. The first-order chi connectivity index (χ1) is 6.59. The number of aromatic nitrogens is 3. The first-order valence-corrected chi connectivity index (χ1v) is 5.37. The minimum atomic E-state index is 0.424. The maximum Gasteiger partial charge on any atom is 0.161 e. The third-order valence-electron chi connectivity index (χ3n) is 2.23. The normalized spacial score (nSPS) is 11.5. The van der Waals surface area contributed by atoms with Crippen LogP contribution in [-0.4, -0.2) is 14.5 Å². The van der Waals surface area contributed by atoms with E-state index in [0.717, 1.165) is 21.6 Å². The highest BCUT2D eigenvalue weighted by molar-refractivity contribution is 9.10. The molecule has 4 heteroatoms. The maximum absolute atomic E-state index is 4.53. The van der Waals surface area contributed by atoms with Crippen LogP contribution in [0.3, 0.4) is 0 Å². The molecule has 0 aliphatic carbocycles. The van der Waals surface area contributed by atoms with Crippen LogP contribution < -0.4 is 0 Å². The van der Waals surface area contributed by atoms with Gasteiger partial charge in [-0.25, -0.2) is 9.97 Å². The van der Waals surface area contributed by atoms with E-state index in [9.17, 15) is 0 Å². The second-order valence-corrected chi connectivity index (χ2v) is 4.47. The summed E-state index contributed by atoms with van der Waals surface area (Å²) in [6.07, 6.45) is 0. The first-order valence-electron chi connectivity index (χ1n) is 4.58. The highest BCUT2D eigenvalue weighted by Gasteiger charge is 2.11. The van der Waals surface area contributed by atoms with Crippen LogP contribution in [0, 0.1) is 0 Å². The number of halogens is 1. The van der Waals surface area contributed by atoms with Crippen molar-refractivity contribution in [1.29, 1.82) is 0 Å². The molecule has 2 rings (SSSR count). The Morgan fingerprint density at radius 3 is 2.64 bits per heavy atom. The lowest BCUT2D eigenvalue weighted by Crippen LogP contribution is -2.00. The van der Waals surface area contributed by atoms with Gasteiger partial charge < -0.3 is 4.57 Å². The minimum absolute atomic E-state index is 0.424. The Balaban J connectivity index is 2.74.